The van der Waals surface area contributed by atoms with Gasteiger partial charge >= 0.3 is 0 Å². The topological polar surface area (TPSA) is 53.4 Å². The van der Waals surface area contributed by atoms with E-state index in [0.29, 0.717) is 41.5 Å². The number of ether oxygens (including phenoxy) is 2. The van der Waals surface area contributed by atoms with Crippen molar-refractivity contribution < 1.29 is 9.47 Å². The van der Waals surface area contributed by atoms with Crippen molar-refractivity contribution in [3.8, 4) is 22.6 Å². The molecule has 0 N–H and O–H groups in total. The molecule has 0 atom stereocenters. The number of fused-ring (bicyclic) bond motifs is 1. The standard InChI is InChI=1S/C23H21BrN2O3S/c1-3-28-19-9-8-16(11-20(19)29-4-2)18-13-30-22-21(18)25-14-26(23(22)27)12-15-6-5-7-17(24)10-15/h5-11,13-14H,3-4,12H2,1-2H3. The van der Waals surface area contributed by atoms with E-state index in [1.807, 2.05) is 61.7 Å². The highest BCUT2D eigenvalue weighted by Crippen LogP contribution is 2.36. The molecular weight excluding hydrogens is 464 g/mol. The van der Waals surface area contributed by atoms with Crippen LogP contribution in [0.5, 0.6) is 11.5 Å². The lowest BCUT2D eigenvalue weighted by molar-refractivity contribution is 0.288. The molecule has 7 heteroatoms. The Morgan fingerprint density at radius 3 is 2.63 bits per heavy atom. The van der Waals surface area contributed by atoms with Crippen LogP contribution in [0.1, 0.15) is 19.4 Å². The summed E-state index contributed by atoms with van der Waals surface area (Å²) in [5.41, 5.74) is 3.59. The van der Waals surface area contributed by atoms with Crippen molar-refractivity contribution in [1.29, 1.82) is 0 Å². The minimum atomic E-state index is -0.0350. The number of thiophene rings is 1. The van der Waals surface area contributed by atoms with Gasteiger partial charge in [0.1, 0.15) is 4.70 Å². The highest BCUT2D eigenvalue weighted by molar-refractivity contribution is 9.10. The molecule has 0 radical (unpaired) electrons. The van der Waals surface area contributed by atoms with Crippen LogP contribution in [0, 0.1) is 0 Å². The van der Waals surface area contributed by atoms with Gasteiger partial charge in [-0.3, -0.25) is 9.36 Å². The van der Waals surface area contributed by atoms with Crippen molar-refractivity contribution in [2.45, 2.75) is 20.4 Å². The minimum absolute atomic E-state index is 0.0350. The van der Waals surface area contributed by atoms with E-state index in [4.69, 9.17) is 9.47 Å². The SMILES string of the molecule is CCOc1ccc(-c2csc3c(=O)n(Cc4cccc(Br)c4)cnc23)cc1OCC. The Labute approximate surface area is 187 Å². The van der Waals surface area contributed by atoms with E-state index in [2.05, 4.69) is 20.9 Å². The van der Waals surface area contributed by atoms with Crippen molar-refractivity contribution in [2.24, 2.45) is 0 Å². The third-order valence-electron chi connectivity index (χ3n) is 4.64. The summed E-state index contributed by atoms with van der Waals surface area (Å²) in [4.78, 5) is 17.7. The smallest absolute Gasteiger partial charge is 0.271 e. The Morgan fingerprint density at radius 2 is 1.87 bits per heavy atom. The zero-order valence-electron chi connectivity index (χ0n) is 16.7. The normalized spacial score (nSPS) is 11.0. The average molecular weight is 485 g/mol. The Kier molecular flexibility index (Phi) is 6.20. The summed E-state index contributed by atoms with van der Waals surface area (Å²) in [5.74, 6) is 1.41. The Morgan fingerprint density at radius 1 is 1.07 bits per heavy atom. The molecule has 2 heterocycles. The number of rotatable bonds is 7. The predicted octanol–water partition coefficient (Wildman–Crippen LogP) is 5.73. The van der Waals surface area contributed by atoms with Gasteiger partial charge in [-0.05, 0) is 49.2 Å². The van der Waals surface area contributed by atoms with Gasteiger partial charge in [0.2, 0.25) is 0 Å². The maximum absolute atomic E-state index is 13.0. The van der Waals surface area contributed by atoms with Crippen molar-refractivity contribution in [1.82, 2.24) is 9.55 Å². The fourth-order valence-electron chi connectivity index (χ4n) is 3.31. The molecule has 0 aliphatic carbocycles. The fourth-order valence-corrected chi connectivity index (χ4v) is 4.73. The van der Waals surface area contributed by atoms with Crippen molar-refractivity contribution in [2.75, 3.05) is 13.2 Å². The average Bonchev–Trinajstić information content (AvgIpc) is 3.17. The van der Waals surface area contributed by atoms with Gasteiger partial charge in [-0.1, -0.05) is 34.1 Å². The zero-order chi connectivity index (χ0) is 21.1. The molecule has 154 valence electrons. The maximum Gasteiger partial charge on any atom is 0.271 e. The van der Waals surface area contributed by atoms with E-state index in [1.165, 1.54) is 11.3 Å². The van der Waals surface area contributed by atoms with E-state index >= 15 is 0 Å². The van der Waals surface area contributed by atoms with Crippen LogP contribution in [-0.4, -0.2) is 22.8 Å². The second-order valence-corrected chi connectivity index (χ2v) is 8.46. The van der Waals surface area contributed by atoms with Crippen LogP contribution < -0.4 is 15.0 Å². The van der Waals surface area contributed by atoms with E-state index < -0.39 is 0 Å². The highest BCUT2D eigenvalue weighted by Gasteiger charge is 2.15. The molecule has 0 aliphatic heterocycles. The number of benzene rings is 2. The molecule has 4 aromatic rings. The lowest BCUT2D eigenvalue weighted by atomic mass is 10.1. The van der Waals surface area contributed by atoms with Crippen LogP contribution in [0.4, 0.5) is 0 Å². The molecule has 5 nitrogen and oxygen atoms in total. The first-order valence-electron chi connectivity index (χ1n) is 9.71. The van der Waals surface area contributed by atoms with Crippen LogP contribution >= 0.6 is 27.3 Å². The molecule has 0 saturated heterocycles. The molecule has 0 fully saturated rings. The largest absolute Gasteiger partial charge is 0.490 e. The van der Waals surface area contributed by atoms with Crippen molar-refractivity contribution in [3.63, 3.8) is 0 Å². The Hall–Kier alpha value is -2.64. The van der Waals surface area contributed by atoms with Gasteiger partial charge in [-0.15, -0.1) is 11.3 Å². The second kappa shape index (κ2) is 9.02. The van der Waals surface area contributed by atoms with E-state index in [9.17, 15) is 4.79 Å². The highest BCUT2D eigenvalue weighted by atomic mass is 79.9. The van der Waals surface area contributed by atoms with Gasteiger partial charge < -0.3 is 9.47 Å². The maximum atomic E-state index is 13.0. The van der Waals surface area contributed by atoms with Crippen LogP contribution in [0.2, 0.25) is 0 Å². The summed E-state index contributed by atoms with van der Waals surface area (Å²) >= 11 is 4.89. The molecule has 30 heavy (non-hydrogen) atoms. The van der Waals surface area contributed by atoms with Gasteiger partial charge in [0.15, 0.2) is 11.5 Å². The molecule has 0 bridgehead atoms. The van der Waals surface area contributed by atoms with Gasteiger partial charge in [0, 0.05) is 15.4 Å². The number of nitrogens with zero attached hydrogens (tertiary/aromatic N) is 2. The lowest BCUT2D eigenvalue weighted by Gasteiger charge is -2.12. The van der Waals surface area contributed by atoms with Gasteiger partial charge in [0.05, 0.1) is 31.6 Å². The molecule has 2 aromatic carbocycles. The number of hydrogen-bond donors (Lipinski definition) is 0. The fraction of sp³-hybridized carbons (Fsp3) is 0.217. The van der Waals surface area contributed by atoms with E-state index in [-0.39, 0.29) is 5.56 Å². The zero-order valence-corrected chi connectivity index (χ0v) is 19.1. The van der Waals surface area contributed by atoms with Gasteiger partial charge in [-0.25, -0.2) is 4.98 Å². The first-order valence-corrected chi connectivity index (χ1v) is 11.4. The Balaban J connectivity index is 1.73. The quantitative estimate of drug-likeness (QED) is 0.335. The molecule has 0 amide bonds. The van der Waals surface area contributed by atoms with E-state index in [1.54, 1.807) is 10.9 Å². The third kappa shape index (κ3) is 4.13. The first-order chi connectivity index (χ1) is 14.6. The molecule has 0 unspecified atom stereocenters. The number of halogens is 1. The number of aromatic nitrogens is 2. The van der Waals surface area contributed by atoms with Crippen LogP contribution in [-0.2, 0) is 6.54 Å². The molecule has 2 aromatic heterocycles. The molecule has 0 aliphatic rings. The summed E-state index contributed by atoms with van der Waals surface area (Å²) in [6.07, 6.45) is 1.62. The monoisotopic (exact) mass is 484 g/mol. The van der Waals surface area contributed by atoms with Crippen LogP contribution in [0.25, 0.3) is 21.3 Å². The molecule has 0 spiro atoms. The third-order valence-corrected chi connectivity index (χ3v) is 6.09. The molecule has 4 rings (SSSR count). The summed E-state index contributed by atoms with van der Waals surface area (Å²) in [5, 5.41) is 1.98. The van der Waals surface area contributed by atoms with Crippen molar-refractivity contribution in [3.05, 3.63) is 74.6 Å². The summed E-state index contributed by atoms with van der Waals surface area (Å²) in [6, 6.07) is 13.8. The lowest BCUT2D eigenvalue weighted by Crippen LogP contribution is -2.20. The van der Waals surface area contributed by atoms with E-state index in [0.717, 1.165) is 21.2 Å². The summed E-state index contributed by atoms with van der Waals surface area (Å²) in [6.45, 7) is 5.48. The van der Waals surface area contributed by atoms with Crippen LogP contribution in [0.3, 0.4) is 0 Å². The van der Waals surface area contributed by atoms with Gasteiger partial charge in [0.25, 0.3) is 5.56 Å². The Bertz CT molecular complexity index is 1250. The summed E-state index contributed by atoms with van der Waals surface area (Å²) < 4.78 is 14.7. The van der Waals surface area contributed by atoms with Gasteiger partial charge in [-0.2, -0.15) is 0 Å². The molecule has 0 saturated carbocycles. The minimum Gasteiger partial charge on any atom is -0.490 e. The van der Waals surface area contributed by atoms with Crippen LogP contribution in [0.15, 0.2) is 63.4 Å². The summed E-state index contributed by atoms with van der Waals surface area (Å²) in [7, 11) is 0. The molecular formula is C23H21BrN2O3S. The second-order valence-electron chi connectivity index (χ2n) is 6.66. The number of hydrogen-bond acceptors (Lipinski definition) is 5. The van der Waals surface area contributed by atoms with Crippen molar-refractivity contribution >= 4 is 37.5 Å². The first kappa shape index (κ1) is 20.6. The predicted molar refractivity (Wildman–Crippen MR) is 125 cm³/mol.